The summed E-state index contributed by atoms with van der Waals surface area (Å²) in [5.74, 6) is -2.26. The first kappa shape index (κ1) is 29.8. The highest BCUT2D eigenvalue weighted by Gasteiger charge is 2.78. The Morgan fingerprint density at radius 1 is 0.689 bits per heavy atom. The second-order valence-electron chi connectivity index (χ2n) is 15.4. The summed E-state index contributed by atoms with van der Waals surface area (Å²) in [6.07, 6.45) is -1.26. The van der Waals surface area contributed by atoms with Crippen molar-refractivity contribution in [3.8, 4) is 5.75 Å². The van der Waals surface area contributed by atoms with Crippen molar-refractivity contribution in [3.63, 3.8) is 0 Å². The van der Waals surface area contributed by atoms with Crippen LogP contribution >= 0.6 is 0 Å². The number of hydrogen-bond acceptors (Lipinski definition) is 11. The van der Waals surface area contributed by atoms with Crippen molar-refractivity contribution in [2.75, 3.05) is 0 Å². The third-order valence-electron chi connectivity index (χ3n) is 12.7. The van der Waals surface area contributed by atoms with Crippen LogP contribution in [0.4, 0.5) is 0 Å². The van der Waals surface area contributed by atoms with Crippen molar-refractivity contribution in [3.05, 3.63) is 40.2 Å². The second-order valence-corrected chi connectivity index (χ2v) is 15.4. The monoisotopic (exact) mass is 622 g/mol. The maximum Gasteiger partial charge on any atom is 0.351 e. The van der Waals surface area contributed by atoms with Gasteiger partial charge in [0.15, 0.2) is 12.2 Å². The predicted molar refractivity (Wildman–Crippen MR) is 156 cm³/mol. The average molecular weight is 623 g/mol. The molecule has 1 aromatic carbocycles. The summed E-state index contributed by atoms with van der Waals surface area (Å²) in [6, 6.07) is 6.22. The molecule has 2 saturated carbocycles. The van der Waals surface area contributed by atoms with Gasteiger partial charge in [0.1, 0.15) is 16.9 Å². The van der Waals surface area contributed by atoms with E-state index in [9.17, 15) is 24.0 Å². The first-order valence-electron chi connectivity index (χ1n) is 15.4. The highest BCUT2D eigenvalue weighted by atomic mass is 16.7. The van der Waals surface area contributed by atoms with Crippen molar-refractivity contribution < 1.29 is 47.3 Å². The van der Waals surface area contributed by atoms with Gasteiger partial charge in [0.2, 0.25) is 11.2 Å². The normalized spacial score (nSPS) is 37.9. The van der Waals surface area contributed by atoms with Crippen LogP contribution in [0.15, 0.2) is 33.5 Å². The minimum absolute atomic E-state index is 0.102. The lowest BCUT2D eigenvalue weighted by atomic mass is 9.66. The molecule has 1 aromatic heterocycles. The molecule has 4 fully saturated rings. The maximum absolute atomic E-state index is 14.4. The number of carbonyl (C=O) groups excluding carboxylic acids is 4. The first-order chi connectivity index (χ1) is 20.8. The van der Waals surface area contributed by atoms with Gasteiger partial charge >= 0.3 is 29.5 Å². The number of rotatable bonds is 4. The summed E-state index contributed by atoms with van der Waals surface area (Å²) in [7, 11) is 0. The molecule has 0 unspecified atom stereocenters. The van der Waals surface area contributed by atoms with Crippen molar-refractivity contribution in [1.82, 2.24) is 0 Å². The Morgan fingerprint density at radius 2 is 1.20 bits per heavy atom. The first-order valence-corrected chi connectivity index (χ1v) is 15.4. The zero-order valence-electron chi connectivity index (χ0n) is 26.8. The molecule has 5 aliphatic rings. The molecule has 0 amide bonds. The Bertz CT molecular complexity index is 1780. The summed E-state index contributed by atoms with van der Waals surface area (Å²) in [5.41, 5.74) is -8.36. The zero-order valence-corrected chi connectivity index (χ0v) is 26.8. The van der Waals surface area contributed by atoms with E-state index in [4.69, 9.17) is 28.1 Å². The zero-order chi connectivity index (χ0) is 32.8. The molecule has 0 radical (unpaired) electrons. The lowest BCUT2D eigenvalue weighted by molar-refractivity contribution is -0.217. The van der Waals surface area contributed by atoms with Gasteiger partial charge in [0.05, 0.1) is 16.4 Å². The smallest absolute Gasteiger partial charge is 0.351 e. The third-order valence-corrected chi connectivity index (χ3v) is 12.7. The molecule has 45 heavy (non-hydrogen) atoms. The van der Waals surface area contributed by atoms with E-state index in [0.717, 1.165) is 0 Å². The summed E-state index contributed by atoms with van der Waals surface area (Å²) < 4.78 is 36.2. The van der Waals surface area contributed by atoms with Gasteiger partial charge in [0.25, 0.3) is 0 Å². The molecule has 2 saturated heterocycles. The maximum atomic E-state index is 14.4. The van der Waals surface area contributed by atoms with Gasteiger partial charge in [0, 0.05) is 22.3 Å². The fourth-order valence-electron chi connectivity index (χ4n) is 8.50. The van der Waals surface area contributed by atoms with Gasteiger partial charge < -0.3 is 28.1 Å². The van der Waals surface area contributed by atoms with Crippen LogP contribution in [0.25, 0.3) is 11.0 Å². The van der Waals surface area contributed by atoms with Crippen LogP contribution in [-0.4, -0.2) is 46.8 Å². The lowest BCUT2D eigenvalue weighted by Crippen LogP contribution is -2.57. The van der Waals surface area contributed by atoms with E-state index in [0.29, 0.717) is 18.2 Å². The van der Waals surface area contributed by atoms with Gasteiger partial charge in [-0.15, -0.1) is 0 Å². The van der Waals surface area contributed by atoms with Crippen LogP contribution in [0, 0.1) is 21.7 Å². The van der Waals surface area contributed by atoms with Crippen LogP contribution in [0.5, 0.6) is 5.75 Å². The predicted octanol–water partition coefficient (Wildman–Crippen LogP) is 4.70. The minimum atomic E-state index is -1.59. The average Bonchev–Trinajstić information content (AvgIpc) is 3.42. The van der Waals surface area contributed by atoms with Gasteiger partial charge in [-0.3, -0.25) is 9.59 Å². The minimum Gasteiger partial charge on any atom is -0.483 e. The quantitative estimate of drug-likeness (QED) is 0.266. The SMILES string of the molecule is CC1(C)Oc2ccc3ccc(=O)oc3c2[C@@H](OC(=O)[C@@]23CC[C@@](C)(C(=O)O2)C3(C)C)[C@@H]1OC(=O)[C@@]12CC[C@@](C)(C(=O)O1)C2(C)C. The van der Waals surface area contributed by atoms with Crippen LogP contribution in [0.2, 0.25) is 0 Å². The fraction of sp³-hybridized carbons (Fsp3) is 0.618. The summed E-state index contributed by atoms with van der Waals surface area (Å²) in [5, 5.41) is 0.526. The Kier molecular flexibility index (Phi) is 5.61. The molecule has 0 N–H and O–H groups in total. The molecule has 7 rings (SSSR count). The number of hydrogen-bond donors (Lipinski definition) is 0. The summed E-state index contributed by atoms with van der Waals surface area (Å²) in [4.78, 5) is 67.1. The number of fused-ring (bicyclic) bond motifs is 7. The van der Waals surface area contributed by atoms with Crippen LogP contribution in [0.1, 0.15) is 92.7 Å². The van der Waals surface area contributed by atoms with E-state index in [2.05, 4.69) is 0 Å². The van der Waals surface area contributed by atoms with Crippen LogP contribution in [0.3, 0.4) is 0 Å². The molecular formula is C34H38O11. The number of carbonyl (C=O) groups is 4. The second kappa shape index (κ2) is 8.47. The molecule has 0 spiro atoms. The van der Waals surface area contributed by atoms with E-state index in [1.54, 1.807) is 45.9 Å². The van der Waals surface area contributed by atoms with Gasteiger partial charge in [-0.1, -0.05) is 27.7 Å². The van der Waals surface area contributed by atoms with Crippen molar-refractivity contribution in [2.24, 2.45) is 21.7 Å². The molecule has 11 heteroatoms. The Hall–Kier alpha value is -3.89. The van der Waals surface area contributed by atoms with E-state index in [1.165, 1.54) is 6.07 Å². The van der Waals surface area contributed by atoms with Crippen molar-refractivity contribution >= 4 is 34.8 Å². The molecular weight excluding hydrogens is 584 g/mol. The molecule has 11 nitrogen and oxygen atoms in total. The van der Waals surface area contributed by atoms with Crippen LogP contribution < -0.4 is 10.4 Å². The lowest BCUT2D eigenvalue weighted by Gasteiger charge is -2.45. The Balaban J connectivity index is 1.36. The molecule has 3 aliphatic heterocycles. The van der Waals surface area contributed by atoms with Crippen LogP contribution in [-0.2, 0) is 38.1 Å². The van der Waals surface area contributed by atoms with Crippen molar-refractivity contribution in [2.45, 2.75) is 110 Å². The number of benzene rings is 1. The number of esters is 4. The highest BCUT2D eigenvalue weighted by molar-refractivity contribution is 5.95. The molecule has 240 valence electrons. The largest absolute Gasteiger partial charge is 0.483 e. The van der Waals surface area contributed by atoms with Gasteiger partial charge in [-0.25, -0.2) is 14.4 Å². The van der Waals surface area contributed by atoms with Gasteiger partial charge in [-0.05, 0) is 71.6 Å². The highest BCUT2D eigenvalue weighted by Crippen LogP contribution is 2.67. The van der Waals surface area contributed by atoms with Crippen molar-refractivity contribution in [1.29, 1.82) is 0 Å². The van der Waals surface area contributed by atoms with E-state index in [-0.39, 0.29) is 29.7 Å². The van der Waals surface area contributed by atoms with Gasteiger partial charge in [-0.2, -0.15) is 0 Å². The summed E-state index contributed by atoms with van der Waals surface area (Å²) >= 11 is 0. The van der Waals surface area contributed by atoms with E-state index < -0.39 is 80.2 Å². The number of ether oxygens (including phenoxy) is 5. The molecule has 4 heterocycles. The Labute approximate surface area is 259 Å². The molecule has 6 atom stereocenters. The third kappa shape index (κ3) is 3.29. The topological polar surface area (TPSA) is 145 Å². The Morgan fingerprint density at radius 3 is 1.69 bits per heavy atom. The fourth-order valence-corrected chi connectivity index (χ4v) is 8.50. The molecule has 2 aromatic rings. The standard InChI is InChI=1S/C34H38O11/c1-28(2)23(42-27(39)34-16-14-32(8,25(37)45-34)30(34,5)6)22(20-18(43-28)11-9-17-10-12-19(35)40-21(17)20)41-26(38)33-15-13-31(7,24(36)44-33)29(33,3)4/h9-12,22-23H,13-16H2,1-8H3/t22-,23+,31+,32+,33-,34-/m1/s1. The summed E-state index contributed by atoms with van der Waals surface area (Å²) in [6.45, 7) is 14.2. The molecule has 2 aliphatic carbocycles. The van der Waals surface area contributed by atoms with E-state index in [1.807, 2.05) is 27.7 Å². The van der Waals surface area contributed by atoms with E-state index >= 15 is 0 Å². The molecule has 4 bridgehead atoms.